The fourth-order valence-electron chi connectivity index (χ4n) is 2.29. The maximum absolute atomic E-state index is 12.1. The molecule has 2 amide bonds. The Morgan fingerprint density at radius 2 is 1.21 bits per heavy atom. The summed E-state index contributed by atoms with van der Waals surface area (Å²) < 4.78 is 9.09. The van der Waals surface area contributed by atoms with Crippen molar-refractivity contribution in [3.05, 3.63) is 29.6 Å². The molecule has 1 heterocycles. The Kier molecular flexibility index (Phi) is 10.9. The summed E-state index contributed by atoms with van der Waals surface area (Å²) in [4.78, 5) is 50.3. The van der Waals surface area contributed by atoms with E-state index in [9.17, 15) is 19.2 Å². The number of ether oxygens (including phenoxy) is 2. The molecule has 0 aliphatic rings. The first kappa shape index (κ1) is 23.1. The van der Waals surface area contributed by atoms with E-state index in [1.54, 1.807) is 0 Å². The second kappa shape index (κ2) is 13.2. The van der Waals surface area contributed by atoms with Crippen LogP contribution < -0.4 is 10.6 Å². The first-order valence-corrected chi connectivity index (χ1v) is 9.13. The lowest BCUT2D eigenvalue weighted by molar-refractivity contribution is -0.141. The number of nitrogens with zero attached hydrogens (tertiary/aromatic N) is 1. The Hall–Kier alpha value is -2.97. The predicted molar refractivity (Wildman–Crippen MR) is 101 cm³/mol. The summed E-state index contributed by atoms with van der Waals surface area (Å²) in [5, 5.41) is 5.45. The summed E-state index contributed by atoms with van der Waals surface area (Å²) >= 11 is 0. The molecule has 9 heteroatoms. The largest absolute Gasteiger partial charge is 0.469 e. The summed E-state index contributed by atoms with van der Waals surface area (Å²) in [7, 11) is 2.67. The molecule has 1 aromatic rings. The van der Waals surface area contributed by atoms with E-state index in [1.807, 2.05) is 0 Å². The molecule has 0 aliphatic heterocycles. The molecule has 0 aromatic carbocycles. The van der Waals surface area contributed by atoms with Crippen molar-refractivity contribution in [1.82, 2.24) is 15.6 Å². The Morgan fingerprint density at radius 1 is 0.786 bits per heavy atom. The van der Waals surface area contributed by atoms with E-state index in [4.69, 9.17) is 0 Å². The normalized spacial score (nSPS) is 10.1. The molecular formula is C19H27N3O6. The van der Waals surface area contributed by atoms with Gasteiger partial charge in [-0.2, -0.15) is 0 Å². The van der Waals surface area contributed by atoms with E-state index >= 15 is 0 Å². The van der Waals surface area contributed by atoms with Crippen molar-refractivity contribution < 1.29 is 28.7 Å². The van der Waals surface area contributed by atoms with Gasteiger partial charge in [-0.15, -0.1) is 0 Å². The highest BCUT2D eigenvalue weighted by molar-refractivity contribution is 5.99. The maximum atomic E-state index is 12.1. The highest BCUT2D eigenvalue weighted by Gasteiger charge is 2.11. The first-order valence-electron chi connectivity index (χ1n) is 9.13. The molecule has 28 heavy (non-hydrogen) atoms. The SMILES string of the molecule is COC(=O)CCCCNC(=O)c1cncc(C(=O)NCCCCC(=O)OC)c1. The second-order valence-electron chi connectivity index (χ2n) is 6.04. The topological polar surface area (TPSA) is 124 Å². The molecule has 0 radical (unpaired) electrons. The second-order valence-corrected chi connectivity index (χ2v) is 6.04. The van der Waals surface area contributed by atoms with E-state index in [0.717, 1.165) is 0 Å². The van der Waals surface area contributed by atoms with Gasteiger partial charge in [-0.25, -0.2) is 0 Å². The van der Waals surface area contributed by atoms with E-state index in [2.05, 4.69) is 25.1 Å². The number of hydrogen-bond acceptors (Lipinski definition) is 7. The minimum Gasteiger partial charge on any atom is -0.469 e. The van der Waals surface area contributed by atoms with Crippen molar-refractivity contribution in [2.75, 3.05) is 27.3 Å². The fourth-order valence-corrected chi connectivity index (χ4v) is 2.29. The monoisotopic (exact) mass is 393 g/mol. The molecule has 0 fully saturated rings. The Bertz CT molecular complexity index is 624. The maximum Gasteiger partial charge on any atom is 0.305 e. The highest BCUT2D eigenvalue weighted by Crippen LogP contribution is 2.04. The molecule has 2 N–H and O–H groups in total. The average Bonchev–Trinajstić information content (AvgIpc) is 2.72. The molecule has 0 unspecified atom stereocenters. The quantitative estimate of drug-likeness (QED) is 0.404. The molecule has 154 valence electrons. The zero-order valence-electron chi connectivity index (χ0n) is 16.3. The van der Waals surface area contributed by atoms with Crippen LogP contribution in [-0.2, 0) is 19.1 Å². The van der Waals surface area contributed by atoms with Crippen LogP contribution in [0.2, 0.25) is 0 Å². The van der Waals surface area contributed by atoms with Crippen LogP contribution in [-0.4, -0.2) is 56.0 Å². The van der Waals surface area contributed by atoms with Crippen LogP contribution in [0.3, 0.4) is 0 Å². The van der Waals surface area contributed by atoms with Gasteiger partial charge in [0.1, 0.15) is 0 Å². The number of pyridine rings is 1. The molecule has 1 aromatic heterocycles. The Balaban J connectivity index is 2.37. The lowest BCUT2D eigenvalue weighted by Gasteiger charge is -2.07. The lowest BCUT2D eigenvalue weighted by atomic mass is 10.1. The van der Waals surface area contributed by atoms with Gasteiger partial charge in [0.25, 0.3) is 11.8 Å². The molecule has 9 nitrogen and oxygen atoms in total. The Labute approximate surface area is 164 Å². The molecule has 0 bridgehead atoms. The third-order valence-corrected chi connectivity index (χ3v) is 3.90. The molecule has 0 saturated heterocycles. The summed E-state index contributed by atoms with van der Waals surface area (Å²) in [6, 6.07) is 1.47. The van der Waals surface area contributed by atoms with Gasteiger partial charge in [0.15, 0.2) is 0 Å². The van der Waals surface area contributed by atoms with Crippen molar-refractivity contribution in [3.63, 3.8) is 0 Å². The van der Waals surface area contributed by atoms with Gasteiger partial charge in [-0.05, 0) is 31.7 Å². The molecule has 0 spiro atoms. The number of rotatable bonds is 12. The van der Waals surface area contributed by atoms with Crippen LogP contribution in [0.25, 0.3) is 0 Å². The van der Waals surface area contributed by atoms with Gasteiger partial charge < -0.3 is 20.1 Å². The van der Waals surface area contributed by atoms with Gasteiger partial charge in [0, 0.05) is 38.3 Å². The van der Waals surface area contributed by atoms with Crippen molar-refractivity contribution in [2.24, 2.45) is 0 Å². The summed E-state index contributed by atoms with van der Waals surface area (Å²) in [5.41, 5.74) is 0.567. The predicted octanol–water partition coefficient (Wildman–Crippen LogP) is 1.23. The van der Waals surface area contributed by atoms with Crippen LogP contribution in [0.5, 0.6) is 0 Å². The third kappa shape index (κ3) is 9.11. The van der Waals surface area contributed by atoms with E-state index in [0.29, 0.717) is 51.6 Å². The van der Waals surface area contributed by atoms with Crippen LogP contribution in [0.4, 0.5) is 0 Å². The van der Waals surface area contributed by atoms with Gasteiger partial charge >= 0.3 is 11.9 Å². The van der Waals surface area contributed by atoms with Gasteiger partial charge in [0.2, 0.25) is 0 Å². The zero-order valence-corrected chi connectivity index (χ0v) is 16.3. The molecule has 0 atom stereocenters. The Morgan fingerprint density at radius 3 is 1.61 bits per heavy atom. The van der Waals surface area contributed by atoms with Gasteiger partial charge in [0.05, 0.1) is 25.3 Å². The van der Waals surface area contributed by atoms with Gasteiger partial charge in [-0.3, -0.25) is 24.2 Å². The van der Waals surface area contributed by atoms with Crippen molar-refractivity contribution in [2.45, 2.75) is 38.5 Å². The number of aromatic nitrogens is 1. The third-order valence-electron chi connectivity index (χ3n) is 3.90. The number of carbonyl (C=O) groups excluding carboxylic acids is 4. The molecule has 0 saturated carbocycles. The summed E-state index contributed by atoms with van der Waals surface area (Å²) in [6.45, 7) is 0.818. The summed E-state index contributed by atoms with van der Waals surface area (Å²) in [6.07, 6.45) is 5.90. The van der Waals surface area contributed by atoms with Crippen LogP contribution >= 0.6 is 0 Å². The molecule has 0 aliphatic carbocycles. The number of nitrogens with one attached hydrogen (secondary N) is 2. The van der Waals surface area contributed by atoms with Crippen LogP contribution in [0, 0.1) is 0 Å². The van der Waals surface area contributed by atoms with Crippen molar-refractivity contribution in [1.29, 1.82) is 0 Å². The standard InChI is InChI=1S/C19H27N3O6/c1-27-16(23)7-3-5-9-21-18(25)14-11-15(13-20-12-14)19(26)22-10-6-4-8-17(24)28-2/h11-13H,3-10H2,1-2H3,(H,21,25)(H,22,26). The molecular weight excluding hydrogens is 366 g/mol. The minimum atomic E-state index is -0.335. The number of esters is 2. The summed E-state index contributed by atoms with van der Waals surface area (Å²) in [5.74, 6) is -1.23. The minimum absolute atomic E-state index is 0.278. The first-order chi connectivity index (χ1) is 13.5. The van der Waals surface area contributed by atoms with Crippen molar-refractivity contribution >= 4 is 23.8 Å². The van der Waals surface area contributed by atoms with Gasteiger partial charge in [-0.1, -0.05) is 0 Å². The zero-order chi connectivity index (χ0) is 20.8. The number of unbranched alkanes of at least 4 members (excludes halogenated alkanes) is 2. The smallest absolute Gasteiger partial charge is 0.305 e. The number of hydrogen-bond donors (Lipinski definition) is 2. The molecule has 1 rings (SSSR count). The lowest BCUT2D eigenvalue weighted by Crippen LogP contribution is -2.27. The number of methoxy groups -OCH3 is 2. The van der Waals surface area contributed by atoms with Crippen molar-refractivity contribution in [3.8, 4) is 0 Å². The average molecular weight is 393 g/mol. The van der Waals surface area contributed by atoms with Crippen LogP contribution in [0.1, 0.15) is 59.2 Å². The van der Waals surface area contributed by atoms with E-state index in [-0.39, 0.29) is 34.9 Å². The van der Waals surface area contributed by atoms with E-state index in [1.165, 1.54) is 32.7 Å². The number of carbonyl (C=O) groups is 4. The highest BCUT2D eigenvalue weighted by atomic mass is 16.5. The van der Waals surface area contributed by atoms with Crippen LogP contribution in [0.15, 0.2) is 18.5 Å². The fraction of sp³-hybridized carbons (Fsp3) is 0.526. The van der Waals surface area contributed by atoms with E-state index < -0.39 is 0 Å². The number of amides is 2.